The zero-order valence-electron chi connectivity index (χ0n) is 7.27. The number of carbonyl (C=O) groups is 1. The minimum absolute atomic E-state index is 0.120. The summed E-state index contributed by atoms with van der Waals surface area (Å²) in [6.45, 7) is 0. The summed E-state index contributed by atoms with van der Waals surface area (Å²) in [5.41, 5.74) is -0.742. The number of nitrogens with zero attached hydrogens (tertiary/aromatic N) is 1. The third-order valence-corrected chi connectivity index (χ3v) is 1.65. The van der Waals surface area contributed by atoms with Gasteiger partial charge in [-0.05, 0) is 6.07 Å². The summed E-state index contributed by atoms with van der Waals surface area (Å²) in [6.07, 6.45) is 1.38. The number of rotatable bonds is 1. The van der Waals surface area contributed by atoms with Crippen LogP contribution in [0.1, 0.15) is 10.4 Å². The van der Waals surface area contributed by atoms with E-state index in [0.29, 0.717) is 0 Å². The minimum Gasteiger partial charge on any atom is -0.502 e. The molecule has 0 fully saturated rings. The van der Waals surface area contributed by atoms with Crippen LogP contribution >= 0.6 is 0 Å². The second-order valence-electron chi connectivity index (χ2n) is 2.49. The lowest BCUT2D eigenvalue weighted by Gasteiger charge is -2.03. The fraction of sp³-hybridized carbons (Fsp3) is 0.250. The van der Waals surface area contributed by atoms with Crippen LogP contribution in [0.15, 0.2) is 17.1 Å². The van der Waals surface area contributed by atoms with Crippen molar-refractivity contribution < 1.29 is 14.6 Å². The van der Waals surface area contributed by atoms with Gasteiger partial charge in [0, 0.05) is 13.2 Å². The predicted molar refractivity (Wildman–Crippen MR) is 44.7 cm³/mol. The Labute approximate surface area is 74.2 Å². The quantitative estimate of drug-likeness (QED) is 0.616. The van der Waals surface area contributed by atoms with E-state index in [1.54, 1.807) is 0 Å². The summed E-state index contributed by atoms with van der Waals surface area (Å²) in [5.74, 6) is -1.31. The summed E-state index contributed by atoms with van der Waals surface area (Å²) < 4.78 is 5.53. The average Bonchev–Trinajstić information content (AvgIpc) is 2.13. The second-order valence-corrected chi connectivity index (χ2v) is 2.49. The van der Waals surface area contributed by atoms with Gasteiger partial charge in [0.2, 0.25) is 0 Å². The highest BCUT2D eigenvalue weighted by Gasteiger charge is 2.14. The van der Waals surface area contributed by atoms with E-state index in [4.69, 9.17) is 0 Å². The van der Waals surface area contributed by atoms with Gasteiger partial charge in [0.15, 0.2) is 5.75 Å². The van der Waals surface area contributed by atoms with Gasteiger partial charge >= 0.3 is 5.97 Å². The number of aromatic hydroxyl groups is 1. The molecule has 5 nitrogen and oxygen atoms in total. The number of carbonyl (C=O) groups excluding carboxylic acids is 1. The molecule has 0 radical (unpaired) electrons. The van der Waals surface area contributed by atoms with Crippen molar-refractivity contribution >= 4 is 5.97 Å². The largest absolute Gasteiger partial charge is 0.502 e. The van der Waals surface area contributed by atoms with E-state index in [2.05, 4.69) is 4.74 Å². The van der Waals surface area contributed by atoms with Crippen LogP contribution in [0.4, 0.5) is 0 Å². The van der Waals surface area contributed by atoms with Gasteiger partial charge in [0.05, 0.1) is 7.11 Å². The lowest BCUT2D eigenvalue weighted by molar-refractivity contribution is 0.0597. The van der Waals surface area contributed by atoms with Crippen LogP contribution in [0.2, 0.25) is 0 Å². The van der Waals surface area contributed by atoms with Gasteiger partial charge in [-0.25, -0.2) is 4.79 Å². The van der Waals surface area contributed by atoms with E-state index in [9.17, 15) is 14.7 Å². The molecule has 1 aromatic rings. The second kappa shape index (κ2) is 3.30. The minimum atomic E-state index is -0.727. The van der Waals surface area contributed by atoms with Crippen LogP contribution in [0.3, 0.4) is 0 Å². The highest BCUT2D eigenvalue weighted by atomic mass is 16.5. The first-order valence-corrected chi connectivity index (χ1v) is 3.55. The topological polar surface area (TPSA) is 68.5 Å². The standard InChI is InChI=1S/C8H9NO4/c1-9-4-3-5(8(12)13-2)6(10)7(9)11/h3-4,10H,1-2H3. The van der Waals surface area contributed by atoms with Crippen LogP contribution < -0.4 is 5.56 Å². The molecule has 0 amide bonds. The first-order chi connectivity index (χ1) is 6.07. The maximum absolute atomic E-state index is 11.1. The average molecular weight is 183 g/mol. The number of pyridine rings is 1. The third-order valence-electron chi connectivity index (χ3n) is 1.65. The van der Waals surface area contributed by atoms with Crippen LogP contribution in [0.25, 0.3) is 0 Å². The van der Waals surface area contributed by atoms with Crippen LogP contribution in [0, 0.1) is 0 Å². The molecule has 0 atom stereocenters. The van der Waals surface area contributed by atoms with E-state index in [1.807, 2.05) is 0 Å². The van der Waals surface area contributed by atoms with Crippen LogP contribution in [-0.4, -0.2) is 22.8 Å². The number of aryl methyl sites for hydroxylation is 1. The van der Waals surface area contributed by atoms with Crippen molar-refractivity contribution in [3.63, 3.8) is 0 Å². The fourth-order valence-electron chi connectivity index (χ4n) is 0.890. The van der Waals surface area contributed by atoms with Crippen molar-refractivity contribution in [3.8, 4) is 5.75 Å². The molecule has 0 bridgehead atoms. The molecule has 0 saturated carbocycles. The zero-order valence-corrected chi connectivity index (χ0v) is 7.27. The van der Waals surface area contributed by atoms with E-state index in [1.165, 1.54) is 31.0 Å². The number of ether oxygens (including phenoxy) is 1. The predicted octanol–water partition coefficient (Wildman–Crippen LogP) is -0.122. The summed E-state index contributed by atoms with van der Waals surface area (Å²) in [5, 5.41) is 9.25. The molecule has 0 spiro atoms. The fourth-order valence-corrected chi connectivity index (χ4v) is 0.890. The normalized spacial score (nSPS) is 9.69. The maximum atomic E-state index is 11.1. The van der Waals surface area contributed by atoms with E-state index in [-0.39, 0.29) is 5.56 Å². The molecule has 0 aliphatic heterocycles. The Kier molecular flexibility index (Phi) is 2.36. The molecule has 0 aliphatic rings. The molecule has 0 saturated heterocycles. The molecule has 0 aromatic carbocycles. The van der Waals surface area contributed by atoms with Crippen molar-refractivity contribution in [2.45, 2.75) is 0 Å². The van der Waals surface area contributed by atoms with Crippen molar-refractivity contribution in [1.82, 2.24) is 4.57 Å². The Balaban J connectivity index is 3.35. The maximum Gasteiger partial charge on any atom is 0.341 e. The molecule has 1 aromatic heterocycles. The zero-order chi connectivity index (χ0) is 10.0. The lowest BCUT2D eigenvalue weighted by atomic mass is 10.2. The Morgan fingerprint density at radius 1 is 1.62 bits per heavy atom. The van der Waals surface area contributed by atoms with Gasteiger partial charge in [-0.15, -0.1) is 0 Å². The van der Waals surface area contributed by atoms with E-state index >= 15 is 0 Å². The molecule has 0 aliphatic carbocycles. The lowest BCUT2D eigenvalue weighted by Crippen LogP contribution is -2.18. The first-order valence-electron chi connectivity index (χ1n) is 3.55. The van der Waals surface area contributed by atoms with Gasteiger partial charge in [-0.1, -0.05) is 0 Å². The summed E-state index contributed by atoms with van der Waals surface area (Å²) in [7, 11) is 2.66. The smallest absolute Gasteiger partial charge is 0.341 e. The van der Waals surface area contributed by atoms with Crippen LogP contribution in [-0.2, 0) is 11.8 Å². The summed E-state index contributed by atoms with van der Waals surface area (Å²) in [4.78, 5) is 22.1. The van der Waals surface area contributed by atoms with E-state index < -0.39 is 17.3 Å². The Morgan fingerprint density at radius 2 is 2.23 bits per heavy atom. The molecule has 1 rings (SSSR count). The SMILES string of the molecule is COC(=O)c1ccn(C)c(=O)c1O. The Bertz CT molecular complexity index is 394. The van der Waals surface area contributed by atoms with Crippen molar-refractivity contribution in [2.75, 3.05) is 7.11 Å². The molecular weight excluding hydrogens is 174 g/mol. The monoisotopic (exact) mass is 183 g/mol. The highest BCUT2D eigenvalue weighted by Crippen LogP contribution is 2.10. The number of esters is 1. The van der Waals surface area contributed by atoms with Gasteiger partial charge < -0.3 is 14.4 Å². The molecular formula is C8H9NO4. The molecule has 1 heterocycles. The number of hydrogen-bond donors (Lipinski definition) is 1. The molecule has 5 heteroatoms. The summed E-state index contributed by atoms with van der Waals surface area (Å²) in [6, 6.07) is 1.32. The van der Waals surface area contributed by atoms with Crippen LogP contribution in [0.5, 0.6) is 5.75 Å². The number of hydrogen-bond acceptors (Lipinski definition) is 4. The Morgan fingerprint density at radius 3 is 2.77 bits per heavy atom. The number of methoxy groups -OCH3 is 1. The molecule has 70 valence electrons. The third kappa shape index (κ3) is 1.53. The molecule has 1 N–H and O–H groups in total. The van der Waals surface area contributed by atoms with Crippen molar-refractivity contribution in [1.29, 1.82) is 0 Å². The molecule has 13 heavy (non-hydrogen) atoms. The van der Waals surface area contributed by atoms with Crippen molar-refractivity contribution in [2.24, 2.45) is 7.05 Å². The van der Waals surface area contributed by atoms with Crippen molar-refractivity contribution in [3.05, 3.63) is 28.2 Å². The first kappa shape index (κ1) is 9.31. The number of aromatic nitrogens is 1. The highest BCUT2D eigenvalue weighted by molar-refractivity contribution is 5.91. The molecule has 0 unspecified atom stereocenters. The Hall–Kier alpha value is -1.78. The van der Waals surface area contributed by atoms with Gasteiger partial charge in [-0.2, -0.15) is 0 Å². The summed E-state index contributed by atoms with van der Waals surface area (Å²) >= 11 is 0. The van der Waals surface area contributed by atoms with E-state index in [0.717, 1.165) is 0 Å². The van der Waals surface area contributed by atoms with Gasteiger partial charge in [0.25, 0.3) is 5.56 Å². The van der Waals surface area contributed by atoms with Gasteiger partial charge in [0.1, 0.15) is 5.56 Å². The van der Waals surface area contributed by atoms with Gasteiger partial charge in [-0.3, -0.25) is 4.79 Å².